The van der Waals surface area contributed by atoms with E-state index in [1.165, 1.54) is 0 Å². The maximum absolute atomic E-state index is 12.4. The molecule has 2 aromatic heterocycles. The van der Waals surface area contributed by atoms with Gasteiger partial charge >= 0.3 is 0 Å². The molecule has 0 aliphatic carbocycles. The van der Waals surface area contributed by atoms with Crippen molar-refractivity contribution in [3.05, 3.63) is 35.2 Å². The van der Waals surface area contributed by atoms with E-state index < -0.39 is 0 Å². The molecule has 0 saturated carbocycles. The van der Waals surface area contributed by atoms with Crippen LogP contribution in [0.5, 0.6) is 0 Å². The number of carbonyl (C=O) groups is 1. The standard InChI is InChI=1S/C17H24N4O2/c1-12-15(13(2)23-19-12)4-5-16(22)21-9-6-14(7-10-21)17-18-8-11-20(17)3/h8,11,14H,4-7,9-10H2,1-3H3. The largest absolute Gasteiger partial charge is 0.361 e. The van der Waals surface area contributed by atoms with Crippen LogP contribution in [0.4, 0.5) is 0 Å². The van der Waals surface area contributed by atoms with Gasteiger partial charge in [0.15, 0.2) is 0 Å². The third-order valence-electron chi connectivity index (χ3n) is 4.84. The molecule has 0 aromatic carbocycles. The number of piperidine rings is 1. The molecule has 0 spiro atoms. The molecule has 2 aromatic rings. The molecular weight excluding hydrogens is 292 g/mol. The molecule has 0 atom stereocenters. The molecule has 6 nitrogen and oxygen atoms in total. The average molecular weight is 316 g/mol. The topological polar surface area (TPSA) is 64.2 Å². The van der Waals surface area contributed by atoms with Crippen LogP contribution in [0.25, 0.3) is 0 Å². The summed E-state index contributed by atoms with van der Waals surface area (Å²) >= 11 is 0. The molecule has 124 valence electrons. The second-order valence-corrected chi connectivity index (χ2v) is 6.35. The summed E-state index contributed by atoms with van der Waals surface area (Å²) in [6.45, 7) is 5.46. The zero-order chi connectivity index (χ0) is 16.4. The average Bonchev–Trinajstić information content (AvgIpc) is 3.11. The summed E-state index contributed by atoms with van der Waals surface area (Å²) in [5, 5.41) is 3.94. The second-order valence-electron chi connectivity index (χ2n) is 6.35. The molecule has 1 amide bonds. The normalized spacial score (nSPS) is 16.0. The van der Waals surface area contributed by atoms with E-state index in [-0.39, 0.29) is 5.91 Å². The van der Waals surface area contributed by atoms with Crippen LogP contribution in [0, 0.1) is 13.8 Å². The van der Waals surface area contributed by atoms with E-state index in [0.29, 0.717) is 18.8 Å². The fraction of sp³-hybridized carbons (Fsp3) is 0.588. The molecule has 1 aliphatic rings. The number of rotatable bonds is 4. The highest BCUT2D eigenvalue weighted by molar-refractivity contribution is 5.76. The predicted octanol–water partition coefficient (Wildman–Crippen LogP) is 2.36. The van der Waals surface area contributed by atoms with Gasteiger partial charge in [-0.25, -0.2) is 4.98 Å². The van der Waals surface area contributed by atoms with Crippen LogP contribution in [0.15, 0.2) is 16.9 Å². The van der Waals surface area contributed by atoms with Crippen LogP contribution in [-0.4, -0.2) is 38.6 Å². The van der Waals surface area contributed by atoms with Crippen molar-refractivity contribution in [2.24, 2.45) is 7.05 Å². The molecule has 3 rings (SSSR count). The van der Waals surface area contributed by atoms with E-state index in [1.807, 2.05) is 38.2 Å². The molecule has 0 radical (unpaired) electrons. The van der Waals surface area contributed by atoms with Gasteiger partial charge in [-0.3, -0.25) is 4.79 Å². The van der Waals surface area contributed by atoms with Gasteiger partial charge < -0.3 is 14.0 Å². The first-order chi connectivity index (χ1) is 11.1. The Hall–Kier alpha value is -2.11. The summed E-state index contributed by atoms with van der Waals surface area (Å²) in [7, 11) is 2.03. The third-order valence-corrected chi connectivity index (χ3v) is 4.84. The fourth-order valence-corrected chi connectivity index (χ4v) is 3.41. The number of amides is 1. The van der Waals surface area contributed by atoms with Gasteiger partial charge in [-0.15, -0.1) is 0 Å². The molecule has 1 fully saturated rings. The lowest BCUT2D eigenvalue weighted by Crippen LogP contribution is -2.38. The lowest BCUT2D eigenvalue weighted by Gasteiger charge is -2.31. The Morgan fingerprint density at radius 1 is 1.35 bits per heavy atom. The summed E-state index contributed by atoms with van der Waals surface area (Å²) in [6.07, 6.45) is 7.03. The highest BCUT2D eigenvalue weighted by atomic mass is 16.5. The SMILES string of the molecule is Cc1noc(C)c1CCC(=O)N1CCC(c2nccn2C)CC1. The molecule has 1 aliphatic heterocycles. The number of imidazole rings is 1. The summed E-state index contributed by atoms with van der Waals surface area (Å²) < 4.78 is 7.24. The molecule has 3 heterocycles. The maximum Gasteiger partial charge on any atom is 0.222 e. The van der Waals surface area contributed by atoms with Crippen molar-refractivity contribution >= 4 is 5.91 Å². The third kappa shape index (κ3) is 3.30. The van der Waals surface area contributed by atoms with Gasteiger partial charge in [-0.2, -0.15) is 0 Å². The van der Waals surface area contributed by atoms with Gasteiger partial charge in [0.2, 0.25) is 5.91 Å². The first-order valence-corrected chi connectivity index (χ1v) is 8.23. The fourth-order valence-electron chi connectivity index (χ4n) is 3.41. The number of nitrogens with zero attached hydrogens (tertiary/aromatic N) is 4. The van der Waals surface area contributed by atoms with Gasteiger partial charge in [-0.05, 0) is 33.1 Å². The van der Waals surface area contributed by atoms with Crippen molar-refractivity contribution in [1.29, 1.82) is 0 Å². The highest BCUT2D eigenvalue weighted by Gasteiger charge is 2.26. The van der Waals surface area contributed by atoms with Crippen molar-refractivity contribution < 1.29 is 9.32 Å². The molecule has 23 heavy (non-hydrogen) atoms. The Balaban J connectivity index is 1.51. The van der Waals surface area contributed by atoms with Crippen molar-refractivity contribution in [3.8, 4) is 0 Å². The molecule has 0 unspecified atom stereocenters. The molecule has 0 bridgehead atoms. The van der Waals surface area contributed by atoms with Crippen LogP contribution in [0.3, 0.4) is 0 Å². The summed E-state index contributed by atoms with van der Waals surface area (Å²) in [6, 6.07) is 0. The second kappa shape index (κ2) is 6.56. The van der Waals surface area contributed by atoms with E-state index in [4.69, 9.17) is 4.52 Å². The summed E-state index contributed by atoms with van der Waals surface area (Å²) in [5.41, 5.74) is 1.96. The van der Waals surface area contributed by atoms with Crippen LogP contribution >= 0.6 is 0 Å². The number of likely N-dealkylation sites (tertiary alicyclic amines) is 1. The molecular formula is C17H24N4O2. The van der Waals surface area contributed by atoms with E-state index in [1.54, 1.807) is 0 Å². The first-order valence-electron chi connectivity index (χ1n) is 8.23. The van der Waals surface area contributed by atoms with Crippen LogP contribution in [0.1, 0.15) is 48.0 Å². The van der Waals surface area contributed by atoms with E-state index >= 15 is 0 Å². The smallest absolute Gasteiger partial charge is 0.222 e. The highest BCUT2D eigenvalue weighted by Crippen LogP contribution is 2.27. The lowest BCUT2D eigenvalue weighted by molar-refractivity contribution is -0.132. The van der Waals surface area contributed by atoms with E-state index in [0.717, 1.165) is 48.8 Å². The Kier molecular flexibility index (Phi) is 4.50. The van der Waals surface area contributed by atoms with Crippen molar-refractivity contribution in [1.82, 2.24) is 19.6 Å². The Morgan fingerprint density at radius 3 is 2.65 bits per heavy atom. The predicted molar refractivity (Wildman–Crippen MR) is 86.1 cm³/mol. The number of carbonyl (C=O) groups excluding carboxylic acids is 1. The molecule has 0 N–H and O–H groups in total. The van der Waals surface area contributed by atoms with E-state index in [9.17, 15) is 4.79 Å². The van der Waals surface area contributed by atoms with Gasteiger partial charge in [0.25, 0.3) is 0 Å². The first kappa shape index (κ1) is 15.8. The van der Waals surface area contributed by atoms with Crippen LogP contribution in [0.2, 0.25) is 0 Å². The minimum Gasteiger partial charge on any atom is -0.361 e. The van der Waals surface area contributed by atoms with Gasteiger partial charge in [-0.1, -0.05) is 5.16 Å². The Labute approximate surface area is 136 Å². The minimum absolute atomic E-state index is 0.225. The summed E-state index contributed by atoms with van der Waals surface area (Å²) in [4.78, 5) is 18.9. The van der Waals surface area contributed by atoms with Gasteiger partial charge in [0.05, 0.1) is 5.69 Å². The van der Waals surface area contributed by atoms with Crippen molar-refractivity contribution in [2.45, 2.75) is 45.4 Å². The minimum atomic E-state index is 0.225. The quantitative estimate of drug-likeness (QED) is 0.868. The zero-order valence-corrected chi connectivity index (χ0v) is 14.1. The zero-order valence-electron chi connectivity index (χ0n) is 14.1. The number of hydrogen-bond donors (Lipinski definition) is 0. The summed E-state index contributed by atoms with van der Waals surface area (Å²) in [5.74, 6) is 2.64. The molecule has 1 saturated heterocycles. The number of hydrogen-bond acceptors (Lipinski definition) is 4. The monoisotopic (exact) mass is 316 g/mol. The maximum atomic E-state index is 12.4. The Morgan fingerprint density at radius 2 is 2.09 bits per heavy atom. The van der Waals surface area contributed by atoms with Gasteiger partial charge in [0, 0.05) is 50.4 Å². The van der Waals surface area contributed by atoms with Crippen molar-refractivity contribution in [2.75, 3.05) is 13.1 Å². The lowest BCUT2D eigenvalue weighted by atomic mass is 9.95. The van der Waals surface area contributed by atoms with E-state index in [2.05, 4.69) is 14.7 Å². The van der Waals surface area contributed by atoms with Gasteiger partial charge in [0.1, 0.15) is 11.6 Å². The Bertz CT molecular complexity index is 661. The number of aromatic nitrogens is 3. The van der Waals surface area contributed by atoms with Crippen LogP contribution in [-0.2, 0) is 18.3 Å². The number of aryl methyl sites for hydroxylation is 3. The van der Waals surface area contributed by atoms with Crippen LogP contribution < -0.4 is 0 Å². The molecule has 6 heteroatoms. The van der Waals surface area contributed by atoms with Crippen molar-refractivity contribution in [3.63, 3.8) is 0 Å².